The Morgan fingerprint density at radius 3 is 2.48 bits per heavy atom. The number of imide groups is 1. The van der Waals surface area contributed by atoms with Crippen LogP contribution in [0.5, 0.6) is 5.75 Å². The normalized spacial score (nSPS) is 27.3. The number of allylic oxidation sites excluding steroid dienone is 2. The van der Waals surface area contributed by atoms with Crippen LogP contribution in [0.3, 0.4) is 0 Å². The van der Waals surface area contributed by atoms with Crippen molar-refractivity contribution in [3.8, 4) is 5.75 Å². The second-order valence-electron chi connectivity index (χ2n) is 7.69. The molecule has 2 amide bonds. The fraction of sp³-hybridized carbons (Fsp3) is 0.261. The van der Waals surface area contributed by atoms with E-state index in [-0.39, 0.29) is 35.5 Å². The number of ether oxygens (including phenoxy) is 1. The van der Waals surface area contributed by atoms with Gasteiger partial charge in [0.2, 0.25) is 0 Å². The highest BCUT2D eigenvalue weighted by molar-refractivity contribution is 6.30. The number of hydrazone groups is 1. The molecule has 2 aromatic carbocycles. The van der Waals surface area contributed by atoms with Gasteiger partial charge in [-0.05, 0) is 48.1 Å². The highest BCUT2D eigenvalue weighted by Crippen LogP contribution is 2.52. The van der Waals surface area contributed by atoms with Crippen molar-refractivity contribution in [2.75, 3.05) is 0 Å². The van der Waals surface area contributed by atoms with Crippen LogP contribution >= 0.6 is 11.6 Å². The summed E-state index contributed by atoms with van der Waals surface area (Å²) in [6.07, 6.45) is 6.58. The lowest BCUT2D eigenvalue weighted by Gasteiger charge is -2.13. The zero-order chi connectivity index (χ0) is 20.0. The monoisotopic (exact) mass is 406 g/mol. The Balaban J connectivity index is 1.33. The molecule has 146 valence electrons. The fourth-order valence-corrected chi connectivity index (χ4v) is 4.84. The molecule has 1 heterocycles. The van der Waals surface area contributed by atoms with Gasteiger partial charge in [-0.3, -0.25) is 9.59 Å². The van der Waals surface area contributed by atoms with E-state index in [4.69, 9.17) is 16.3 Å². The summed E-state index contributed by atoms with van der Waals surface area (Å²) in [4.78, 5) is 25.5. The first kappa shape index (κ1) is 18.1. The molecular formula is C23H19ClN2O3. The Bertz CT molecular complexity index is 1020. The first-order chi connectivity index (χ1) is 14.1. The highest BCUT2D eigenvalue weighted by atomic mass is 35.5. The van der Waals surface area contributed by atoms with Crippen LogP contribution in [0.4, 0.5) is 0 Å². The maximum absolute atomic E-state index is 12.7. The van der Waals surface area contributed by atoms with E-state index in [9.17, 15) is 9.59 Å². The highest BCUT2D eigenvalue weighted by Gasteiger charge is 2.59. The number of benzene rings is 2. The van der Waals surface area contributed by atoms with Crippen molar-refractivity contribution in [3.05, 3.63) is 76.8 Å². The number of carbonyl (C=O) groups excluding carboxylic acids is 2. The molecule has 0 N–H and O–H groups in total. The number of hydrogen-bond acceptors (Lipinski definition) is 4. The van der Waals surface area contributed by atoms with E-state index in [1.165, 1.54) is 6.21 Å². The average molecular weight is 407 g/mol. The number of amides is 2. The van der Waals surface area contributed by atoms with Crippen molar-refractivity contribution in [1.82, 2.24) is 5.01 Å². The van der Waals surface area contributed by atoms with E-state index in [2.05, 4.69) is 17.3 Å². The van der Waals surface area contributed by atoms with Crippen LogP contribution in [0.2, 0.25) is 5.02 Å². The number of nitrogens with zero attached hydrogens (tertiary/aromatic N) is 2. The third-order valence-electron chi connectivity index (χ3n) is 5.96. The largest absolute Gasteiger partial charge is 0.488 e. The number of rotatable bonds is 5. The van der Waals surface area contributed by atoms with Gasteiger partial charge in [0.1, 0.15) is 12.4 Å². The van der Waals surface area contributed by atoms with Crippen molar-refractivity contribution < 1.29 is 14.3 Å². The topological polar surface area (TPSA) is 59.0 Å². The number of para-hydroxylation sites is 1. The summed E-state index contributed by atoms with van der Waals surface area (Å²) in [6, 6.07) is 14.9. The molecule has 29 heavy (non-hydrogen) atoms. The van der Waals surface area contributed by atoms with Crippen LogP contribution in [0.15, 0.2) is 65.8 Å². The lowest BCUT2D eigenvalue weighted by Crippen LogP contribution is -2.28. The van der Waals surface area contributed by atoms with E-state index in [0.29, 0.717) is 22.9 Å². The Labute approximate surface area is 173 Å². The zero-order valence-electron chi connectivity index (χ0n) is 15.6. The molecule has 6 heteroatoms. The molecule has 2 bridgehead atoms. The van der Waals surface area contributed by atoms with Gasteiger partial charge in [0.05, 0.1) is 18.1 Å². The number of hydrogen-bond donors (Lipinski definition) is 0. The Morgan fingerprint density at radius 1 is 1.03 bits per heavy atom. The molecule has 0 unspecified atom stereocenters. The SMILES string of the molecule is O=C1[C@@H]2[C@H](C(=O)N1/N=C\c1ccccc1OCc1cccc(Cl)c1)[C@@H]1C=C[C@H]2C1. The molecule has 2 aromatic rings. The van der Waals surface area contributed by atoms with Crippen LogP contribution in [0, 0.1) is 23.7 Å². The summed E-state index contributed by atoms with van der Waals surface area (Å²) in [5.74, 6) is 0.103. The van der Waals surface area contributed by atoms with Crippen molar-refractivity contribution in [2.24, 2.45) is 28.8 Å². The molecule has 5 rings (SSSR count). The van der Waals surface area contributed by atoms with Crippen molar-refractivity contribution in [1.29, 1.82) is 0 Å². The molecule has 1 aliphatic heterocycles. The zero-order valence-corrected chi connectivity index (χ0v) is 16.3. The number of halogens is 1. The van der Waals surface area contributed by atoms with E-state index < -0.39 is 0 Å². The molecule has 4 atom stereocenters. The summed E-state index contributed by atoms with van der Waals surface area (Å²) in [7, 11) is 0. The van der Waals surface area contributed by atoms with Gasteiger partial charge in [-0.25, -0.2) is 0 Å². The van der Waals surface area contributed by atoms with Gasteiger partial charge in [-0.2, -0.15) is 10.1 Å². The van der Waals surface area contributed by atoms with Gasteiger partial charge >= 0.3 is 0 Å². The summed E-state index contributed by atoms with van der Waals surface area (Å²) in [5.41, 5.74) is 1.65. The van der Waals surface area contributed by atoms with E-state index in [0.717, 1.165) is 17.0 Å². The minimum absolute atomic E-state index is 0.176. The van der Waals surface area contributed by atoms with E-state index in [1.807, 2.05) is 48.5 Å². The maximum atomic E-state index is 12.7. The molecule has 1 saturated carbocycles. The second kappa shape index (κ2) is 7.16. The molecule has 0 aromatic heterocycles. The fourth-order valence-electron chi connectivity index (χ4n) is 4.63. The van der Waals surface area contributed by atoms with Gasteiger partial charge in [-0.15, -0.1) is 0 Å². The van der Waals surface area contributed by atoms with Gasteiger partial charge in [0.25, 0.3) is 11.8 Å². The molecule has 2 fully saturated rings. The Morgan fingerprint density at radius 2 is 1.76 bits per heavy atom. The minimum atomic E-state index is -0.246. The van der Waals surface area contributed by atoms with Gasteiger partial charge < -0.3 is 4.74 Å². The summed E-state index contributed by atoms with van der Waals surface area (Å²) in [6.45, 7) is 0.353. The van der Waals surface area contributed by atoms with Gasteiger partial charge in [0, 0.05) is 10.6 Å². The molecule has 2 aliphatic carbocycles. The Hall–Kier alpha value is -2.92. The minimum Gasteiger partial charge on any atom is -0.488 e. The van der Waals surface area contributed by atoms with Gasteiger partial charge in [0.15, 0.2) is 0 Å². The Kier molecular flexibility index (Phi) is 4.47. The predicted molar refractivity (Wildman–Crippen MR) is 109 cm³/mol. The summed E-state index contributed by atoms with van der Waals surface area (Å²) >= 11 is 6.02. The van der Waals surface area contributed by atoms with E-state index in [1.54, 1.807) is 0 Å². The third-order valence-corrected chi connectivity index (χ3v) is 6.20. The molecule has 5 nitrogen and oxygen atoms in total. The summed E-state index contributed by atoms with van der Waals surface area (Å²) in [5, 5.41) is 5.95. The standard InChI is InChI=1S/C23H19ClN2O3/c24-18-6-3-4-14(10-18)13-29-19-7-2-1-5-17(19)12-25-26-22(27)20-15-8-9-16(11-15)21(20)23(26)28/h1-10,12,15-16,20-21H,11,13H2/b25-12-/t15-,16+,20-,21+. The molecule has 0 radical (unpaired) electrons. The summed E-state index contributed by atoms with van der Waals surface area (Å²) < 4.78 is 5.92. The third kappa shape index (κ3) is 3.15. The smallest absolute Gasteiger partial charge is 0.254 e. The first-order valence-corrected chi connectivity index (χ1v) is 10.1. The van der Waals surface area contributed by atoms with Crippen LogP contribution in [-0.2, 0) is 16.2 Å². The van der Waals surface area contributed by atoms with Crippen molar-refractivity contribution in [3.63, 3.8) is 0 Å². The maximum Gasteiger partial charge on any atom is 0.254 e. The van der Waals surface area contributed by atoms with Gasteiger partial charge in [-0.1, -0.05) is 48.0 Å². The quantitative estimate of drug-likeness (QED) is 0.427. The van der Waals surface area contributed by atoms with Crippen LogP contribution < -0.4 is 4.74 Å². The first-order valence-electron chi connectivity index (χ1n) is 9.68. The van der Waals surface area contributed by atoms with E-state index >= 15 is 0 Å². The molecule has 1 saturated heterocycles. The average Bonchev–Trinajstić information content (AvgIpc) is 3.40. The van der Waals surface area contributed by atoms with Crippen LogP contribution in [0.1, 0.15) is 17.5 Å². The lowest BCUT2D eigenvalue weighted by molar-refractivity contribution is -0.140. The number of fused-ring (bicyclic) bond motifs is 5. The van der Waals surface area contributed by atoms with Crippen molar-refractivity contribution >= 4 is 29.6 Å². The lowest BCUT2D eigenvalue weighted by atomic mass is 9.85. The molecular weight excluding hydrogens is 388 g/mol. The number of carbonyl (C=O) groups is 2. The van der Waals surface area contributed by atoms with Crippen molar-refractivity contribution in [2.45, 2.75) is 13.0 Å². The molecule has 0 spiro atoms. The molecule has 3 aliphatic rings. The van der Waals surface area contributed by atoms with Crippen LogP contribution in [-0.4, -0.2) is 23.0 Å². The van der Waals surface area contributed by atoms with Crippen LogP contribution in [0.25, 0.3) is 0 Å². The predicted octanol–water partition coefficient (Wildman–Crippen LogP) is 4.06. The second-order valence-corrected chi connectivity index (χ2v) is 8.13.